The number of anilines is 1. The van der Waals surface area contributed by atoms with Crippen molar-refractivity contribution in [2.45, 2.75) is 17.8 Å². The second-order valence-electron chi connectivity index (χ2n) is 12.9. The van der Waals surface area contributed by atoms with Crippen molar-refractivity contribution in [1.29, 1.82) is 0 Å². The molecule has 6 atom stereocenters. The van der Waals surface area contributed by atoms with Crippen LogP contribution in [-0.2, 0) is 24.6 Å². The van der Waals surface area contributed by atoms with Gasteiger partial charge in [-0.1, -0.05) is 60.7 Å². The summed E-state index contributed by atoms with van der Waals surface area (Å²) in [5.74, 6) is -4.74. The standard InChI is InChI=1S/C35H26N4O7/c1-46-25-15-19(39(44)45)12-13-24(25)37-31(40)29-28-20-6-2-4-8-22(20)35(30(29)34(37)43,23-9-5-3-7-21(23)28)16-36-38-32(41)26-17-10-11-18(14-17)27(26)33(38)42/h2-13,15-18,26-30H,14H2,1H3/b36-16-/t17-,18-,26-,27+,28?,29+,30-,35?/m0/s1. The van der Waals surface area contributed by atoms with E-state index in [9.17, 15) is 29.3 Å². The van der Waals surface area contributed by atoms with E-state index in [0.717, 1.165) is 38.6 Å². The summed E-state index contributed by atoms with van der Waals surface area (Å²) in [5, 5.41) is 17.1. The van der Waals surface area contributed by atoms with Crippen LogP contribution in [0.3, 0.4) is 0 Å². The molecule has 11 nitrogen and oxygen atoms in total. The van der Waals surface area contributed by atoms with E-state index in [1.807, 2.05) is 60.7 Å². The Balaban J connectivity index is 1.23. The van der Waals surface area contributed by atoms with Crippen LogP contribution in [-0.4, -0.2) is 46.9 Å². The summed E-state index contributed by atoms with van der Waals surface area (Å²) in [6.45, 7) is 0. The molecule has 0 spiro atoms. The second-order valence-corrected chi connectivity index (χ2v) is 12.9. The van der Waals surface area contributed by atoms with Gasteiger partial charge in [-0.3, -0.25) is 29.3 Å². The zero-order valence-electron chi connectivity index (χ0n) is 24.5. The van der Waals surface area contributed by atoms with Crippen molar-refractivity contribution < 1.29 is 28.8 Å². The molecule has 2 heterocycles. The monoisotopic (exact) mass is 614 g/mol. The molecule has 5 aliphatic carbocycles. The minimum atomic E-state index is -1.29. The number of nitrogens with zero attached hydrogens (tertiary/aromatic N) is 4. The first-order valence-electron chi connectivity index (χ1n) is 15.3. The fourth-order valence-electron chi connectivity index (χ4n) is 9.40. The van der Waals surface area contributed by atoms with Crippen LogP contribution in [0.15, 0.2) is 84.0 Å². The number of hydrogen-bond acceptors (Lipinski definition) is 8. The number of imide groups is 2. The zero-order chi connectivity index (χ0) is 31.6. The largest absolute Gasteiger partial charge is 0.494 e. The van der Waals surface area contributed by atoms with E-state index >= 15 is 0 Å². The first-order chi connectivity index (χ1) is 22.3. The van der Waals surface area contributed by atoms with Gasteiger partial charge in [0, 0.05) is 18.2 Å². The van der Waals surface area contributed by atoms with Gasteiger partial charge in [-0.15, -0.1) is 0 Å². The highest BCUT2D eigenvalue weighted by atomic mass is 16.6. The lowest BCUT2D eigenvalue weighted by Crippen LogP contribution is -2.55. The summed E-state index contributed by atoms with van der Waals surface area (Å²) in [6.07, 6.45) is 6.38. The zero-order valence-corrected chi connectivity index (χ0v) is 24.5. The normalized spacial score (nSPS) is 32.8. The Morgan fingerprint density at radius 3 is 2.04 bits per heavy atom. The van der Waals surface area contributed by atoms with Gasteiger partial charge < -0.3 is 4.74 Å². The lowest BCUT2D eigenvalue weighted by atomic mass is 9.47. The third kappa shape index (κ3) is 3.09. The Labute approximate surface area is 262 Å². The molecular formula is C35H26N4O7. The van der Waals surface area contributed by atoms with Crippen molar-refractivity contribution in [1.82, 2.24) is 5.01 Å². The summed E-state index contributed by atoms with van der Waals surface area (Å²) >= 11 is 0. The van der Waals surface area contributed by atoms with Crippen molar-refractivity contribution in [3.8, 4) is 5.75 Å². The lowest BCUT2D eigenvalue weighted by molar-refractivity contribution is -0.384. The van der Waals surface area contributed by atoms with Crippen molar-refractivity contribution in [2.24, 2.45) is 40.6 Å². The fourth-order valence-corrected chi connectivity index (χ4v) is 9.40. The number of fused-ring (bicyclic) bond motifs is 5. The average Bonchev–Trinajstić information content (AvgIpc) is 3.82. The Morgan fingerprint density at radius 2 is 1.46 bits per heavy atom. The number of amides is 4. The first kappa shape index (κ1) is 26.9. The van der Waals surface area contributed by atoms with Gasteiger partial charge in [-0.25, -0.2) is 4.90 Å². The number of rotatable bonds is 5. The van der Waals surface area contributed by atoms with E-state index in [-0.39, 0.29) is 40.8 Å². The molecule has 2 aliphatic heterocycles. The highest BCUT2D eigenvalue weighted by Crippen LogP contribution is 2.64. The van der Waals surface area contributed by atoms with Gasteiger partial charge in [-0.2, -0.15) is 10.1 Å². The van der Waals surface area contributed by atoms with Crippen LogP contribution in [0, 0.1) is 45.6 Å². The number of non-ortho nitro benzene ring substituents is 1. The van der Waals surface area contributed by atoms with Gasteiger partial charge in [-0.05, 0) is 46.6 Å². The Morgan fingerprint density at radius 1 is 0.848 bits per heavy atom. The number of methoxy groups -OCH3 is 1. The number of carbonyl (C=O) groups is 4. The van der Waals surface area contributed by atoms with Crippen LogP contribution in [0.2, 0.25) is 0 Å². The Kier molecular flexibility index (Phi) is 5.30. The molecule has 0 aromatic heterocycles. The maximum atomic E-state index is 14.7. The smallest absolute Gasteiger partial charge is 0.273 e. The molecule has 1 saturated carbocycles. The van der Waals surface area contributed by atoms with Gasteiger partial charge in [0.15, 0.2) is 0 Å². The third-order valence-corrected chi connectivity index (χ3v) is 11.1. The Hall–Kier alpha value is -5.45. The van der Waals surface area contributed by atoms with Gasteiger partial charge in [0.05, 0.1) is 52.9 Å². The molecule has 4 amide bonds. The van der Waals surface area contributed by atoms with Crippen molar-refractivity contribution >= 4 is 41.2 Å². The van der Waals surface area contributed by atoms with Crippen molar-refractivity contribution in [3.63, 3.8) is 0 Å². The SMILES string of the molecule is COc1cc([N+](=O)[O-])ccc1N1C(=O)[C@@H]2C3c4ccccc4C(/C=N\N4C(=O)[C@@H]5[C@H](C4=O)[C@H]4C=C[C@H]5C4)(c4ccccc43)[C@@H]2C1=O. The van der Waals surface area contributed by atoms with Crippen molar-refractivity contribution in [3.05, 3.63) is 111 Å². The molecule has 10 rings (SSSR count). The molecule has 2 saturated heterocycles. The molecule has 3 aromatic carbocycles. The number of allylic oxidation sites excluding steroid dienone is 2. The predicted molar refractivity (Wildman–Crippen MR) is 163 cm³/mol. The maximum absolute atomic E-state index is 14.7. The minimum Gasteiger partial charge on any atom is -0.494 e. The quantitative estimate of drug-likeness (QED) is 0.139. The number of carbonyl (C=O) groups excluding carboxylic acids is 4. The highest BCUT2D eigenvalue weighted by Gasteiger charge is 2.68. The van der Waals surface area contributed by atoms with Crippen LogP contribution < -0.4 is 9.64 Å². The number of nitro benzene ring substituents is 1. The van der Waals surface area contributed by atoms with E-state index in [4.69, 9.17) is 4.74 Å². The summed E-state index contributed by atoms with van der Waals surface area (Å²) in [5.41, 5.74) is 1.87. The molecule has 3 aromatic rings. The van der Waals surface area contributed by atoms with Crippen LogP contribution in [0.25, 0.3) is 0 Å². The number of nitro groups is 1. The van der Waals surface area contributed by atoms with E-state index in [2.05, 4.69) is 5.10 Å². The van der Waals surface area contributed by atoms with E-state index < -0.39 is 51.7 Å². The highest BCUT2D eigenvalue weighted by molar-refractivity contribution is 6.25. The first-order valence-corrected chi connectivity index (χ1v) is 15.3. The molecule has 4 bridgehead atoms. The van der Waals surface area contributed by atoms with E-state index in [1.54, 1.807) is 6.21 Å². The molecule has 46 heavy (non-hydrogen) atoms. The number of hydrazone groups is 1. The predicted octanol–water partition coefficient (Wildman–Crippen LogP) is 3.95. The summed E-state index contributed by atoms with van der Waals surface area (Å²) in [4.78, 5) is 68.5. The summed E-state index contributed by atoms with van der Waals surface area (Å²) < 4.78 is 5.45. The molecule has 228 valence electrons. The van der Waals surface area contributed by atoms with Gasteiger partial charge in [0.25, 0.3) is 17.5 Å². The van der Waals surface area contributed by atoms with E-state index in [0.29, 0.717) is 0 Å². The third-order valence-electron chi connectivity index (χ3n) is 11.1. The molecule has 0 unspecified atom stereocenters. The van der Waals surface area contributed by atoms with E-state index in [1.165, 1.54) is 25.3 Å². The number of ether oxygens (including phenoxy) is 1. The van der Waals surface area contributed by atoms with Crippen molar-refractivity contribution in [2.75, 3.05) is 12.0 Å². The van der Waals surface area contributed by atoms with Crippen LogP contribution >= 0.6 is 0 Å². The average molecular weight is 615 g/mol. The summed E-state index contributed by atoms with van der Waals surface area (Å²) in [6, 6.07) is 19.0. The lowest BCUT2D eigenvalue weighted by Gasteiger charge is -2.52. The molecule has 11 heteroatoms. The molecule has 3 fully saturated rings. The number of hydrogen-bond donors (Lipinski definition) is 0. The fraction of sp³-hybridized carbons (Fsp3) is 0.286. The molecule has 0 radical (unpaired) electrons. The minimum absolute atomic E-state index is 0.0139. The molecule has 7 aliphatic rings. The topological polar surface area (TPSA) is 139 Å². The Bertz CT molecular complexity index is 1940. The molecular weight excluding hydrogens is 588 g/mol. The maximum Gasteiger partial charge on any atom is 0.273 e. The second kappa shape index (κ2) is 9.06. The number of benzene rings is 3. The van der Waals surface area contributed by atoms with Gasteiger partial charge in [0.1, 0.15) is 5.75 Å². The molecule has 0 N–H and O–H groups in total. The van der Waals surface area contributed by atoms with Gasteiger partial charge in [0.2, 0.25) is 11.8 Å². The van der Waals surface area contributed by atoms with Gasteiger partial charge >= 0.3 is 0 Å². The van der Waals surface area contributed by atoms with Crippen LogP contribution in [0.5, 0.6) is 5.75 Å². The summed E-state index contributed by atoms with van der Waals surface area (Å²) in [7, 11) is 1.32. The van der Waals surface area contributed by atoms with Crippen LogP contribution in [0.4, 0.5) is 11.4 Å². The van der Waals surface area contributed by atoms with Crippen LogP contribution in [0.1, 0.15) is 34.6 Å².